The Morgan fingerprint density at radius 3 is 2.15 bits per heavy atom. The van der Waals surface area contributed by atoms with Crippen LogP contribution in [0, 0.1) is 12.3 Å². The average Bonchev–Trinajstić information content (AvgIpc) is 3.64. The lowest BCUT2D eigenvalue weighted by atomic mass is 9.73. The summed E-state index contributed by atoms with van der Waals surface area (Å²) < 4.78 is 39.4. The fourth-order valence-corrected chi connectivity index (χ4v) is 8.21. The first-order valence-electron chi connectivity index (χ1n) is 18.0. The first kappa shape index (κ1) is 39.6. The molecule has 2 saturated heterocycles. The number of hydroxylamine groups is 2. The summed E-state index contributed by atoms with van der Waals surface area (Å²) in [5.41, 5.74) is 0.750. The zero-order valence-electron chi connectivity index (χ0n) is 31.0. The number of aryl methyl sites for hydroxylation is 1. The van der Waals surface area contributed by atoms with Crippen molar-refractivity contribution in [3.8, 4) is 5.75 Å². The van der Waals surface area contributed by atoms with E-state index in [9.17, 15) is 27.6 Å². The minimum Gasteiger partial charge on any atom is -0.464 e. The Morgan fingerprint density at radius 1 is 0.906 bits per heavy atom. The van der Waals surface area contributed by atoms with Crippen molar-refractivity contribution < 1.29 is 41.9 Å². The predicted molar refractivity (Wildman–Crippen MR) is 197 cm³/mol. The van der Waals surface area contributed by atoms with Gasteiger partial charge in [-0.3, -0.25) is 9.59 Å². The molecule has 1 amide bonds. The van der Waals surface area contributed by atoms with E-state index in [-0.39, 0.29) is 30.4 Å². The van der Waals surface area contributed by atoms with Crippen LogP contribution in [0.5, 0.6) is 5.75 Å². The molecule has 0 spiro atoms. The topological polar surface area (TPSA) is 149 Å². The van der Waals surface area contributed by atoms with Crippen molar-refractivity contribution in [2.45, 2.75) is 89.1 Å². The predicted octanol–water partition coefficient (Wildman–Crippen LogP) is 4.88. The second kappa shape index (κ2) is 16.6. The van der Waals surface area contributed by atoms with Gasteiger partial charge >= 0.3 is 17.9 Å². The Labute approximate surface area is 311 Å². The zero-order valence-corrected chi connectivity index (χ0v) is 31.8. The number of benzene rings is 3. The molecule has 2 heterocycles. The highest BCUT2D eigenvalue weighted by Crippen LogP contribution is 2.38. The number of hydrogen-bond donors (Lipinski definition) is 1. The van der Waals surface area contributed by atoms with Gasteiger partial charge in [-0.2, -0.15) is 4.31 Å². The molecule has 0 aliphatic carbocycles. The molecule has 0 bridgehead atoms. The van der Waals surface area contributed by atoms with Gasteiger partial charge in [-0.1, -0.05) is 60.2 Å². The quantitative estimate of drug-likeness (QED) is 0.201. The van der Waals surface area contributed by atoms with E-state index >= 15 is 0 Å². The average molecular weight is 748 g/mol. The number of esters is 2. The summed E-state index contributed by atoms with van der Waals surface area (Å²) in [5, 5.41) is 4.35. The van der Waals surface area contributed by atoms with Gasteiger partial charge in [-0.15, -0.1) is 5.06 Å². The molecule has 12 nitrogen and oxygen atoms in total. The van der Waals surface area contributed by atoms with Crippen LogP contribution in [-0.4, -0.2) is 79.9 Å². The molecule has 2 fully saturated rings. The molecule has 5 rings (SSSR count). The van der Waals surface area contributed by atoms with E-state index in [4.69, 9.17) is 14.3 Å². The number of amides is 1. The molecule has 53 heavy (non-hydrogen) atoms. The third kappa shape index (κ3) is 9.32. The molecule has 3 aromatic carbocycles. The lowest BCUT2D eigenvalue weighted by Crippen LogP contribution is -2.51. The van der Waals surface area contributed by atoms with E-state index in [1.54, 1.807) is 69.2 Å². The van der Waals surface area contributed by atoms with E-state index < -0.39 is 50.8 Å². The Morgan fingerprint density at radius 2 is 1.55 bits per heavy atom. The first-order valence-corrected chi connectivity index (χ1v) is 19.5. The number of nitrogens with zero attached hydrogens (tertiary/aromatic N) is 2. The van der Waals surface area contributed by atoms with Crippen molar-refractivity contribution in [1.82, 2.24) is 14.7 Å². The fourth-order valence-electron chi connectivity index (χ4n) is 6.55. The van der Waals surface area contributed by atoms with Crippen molar-refractivity contribution in [2.75, 3.05) is 26.2 Å². The minimum absolute atomic E-state index is 0.0628. The summed E-state index contributed by atoms with van der Waals surface area (Å²) in [6.07, 6.45) is 1.63. The van der Waals surface area contributed by atoms with Gasteiger partial charge in [-0.25, -0.2) is 18.0 Å². The molecule has 284 valence electrons. The molecule has 0 radical (unpaired) electrons. The molecule has 0 unspecified atom stereocenters. The molecule has 1 N–H and O–H groups in total. The van der Waals surface area contributed by atoms with Crippen LogP contribution in [0.1, 0.15) is 70.1 Å². The maximum atomic E-state index is 13.9. The van der Waals surface area contributed by atoms with E-state index in [1.807, 2.05) is 37.3 Å². The van der Waals surface area contributed by atoms with E-state index in [2.05, 4.69) is 5.32 Å². The summed E-state index contributed by atoms with van der Waals surface area (Å²) in [7, 11) is -3.94. The van der Waals surface area contributed by atoms with Crippen molar-refractivity contribution in [3.63, 3.8) is 0 Å². The highest BCUT2D eigenvalue weighted by Gasteiger charge is 2.46. The molecule has 0 aromatic heterocycles. The normalized spacial score (nSPS) is 18.5. The van der Waals surface area contributed by atoms with E-state index in [0.29, 0.717) is 50.1 Å². The number of rotatable bonds is 12. The van der Waals surface area contributed by atoms with Crippen LogP contribution in [0.25, 0.3) is 0 Å². The van der Waals surface area contributed by atoms with Gasteiger partial charge in [0.25, 0.3) is 0 Å². The number of hydrogen-bond acceptors (Lipinski definition) is 10. The summed E-state index contributed by atoms with van der Waals surface area (Å²) in [6.45, 7) is 9.87. The number of sulfonamides is 1. The summed E-state index contributed by atoms with van der Waals surface area (Å²) in [4.78, 5) is 58.8. The third-order valence-electron chi connectivity index (χ3n) is 9.71. The Kier molecular flexibility index (Phi) is 12.4. The SMILES string of the molecule is CCOC(=O)[C@H](Cc1ccc(OC(=O)C2(c3ccccc3)CCN(OC(=O)C(C)(C)C)CC2)cc1)NC(=O)[C@@H]1CCCN1S(=O)(=O)c1ccc(C)cc1. The largest absolute Gasteiger partial charge is 0.464 e. The second-order valence-corrected chi connectivity index (χ2v) is 16.5. The van der Waals surface area contributed by atoms with Gasteiger partial charge in [0.1, 0.15) is 17.8 Å². The smallest absolute Gasteiger partial charge is 0.330 e. The first-order chi connectivity index (χ1) is 25.1. The second-order valence-electron chi connectivity index (χ2n) is 14.6. The maximum Gasteiger partial charge on any atom is 0.330 e. The van der Waals surface area contributed by atoms with Crippen molar-refractivity contribution in [2.24, 2.45) is 5.41 Å². The van der Waals surface area contributed by atoms with Crippen LogP contribution in [0.3, 0.4) is 0 Å². The molecule has 0 saturated carbocycles. The van der Waals surface area contributed by atoms with Gasteiger partial charge in [0.2, 0.25) is 15.9 Å². The standard InChI is InChI=1S/C40H49N3O9S/c1-6-50-36(45)33(41-35(44)34-13-10-24-43(34)53(48,49)32-20-14-28(2)15-21-32)27-29-16-18-31(19-17-29)51-38(47)40(30-11-8-7-9-12-30)22-25-42(26-23-40)52-37(46)39(3,4)5/h7-9,11-12,14-21,33-34H,6,10,13,22-27H2,1-5H3,(H,41,44)/t33-,34-/m0/s1. The lowest BCUT2D eigenvalue weighted by Gasteiger charge is -2.39. The number of nitrogens with one attached hydrogen (secondary N) is 1. The maximum absolute atomic E-state index is 13.9. The van der Waals surface area contributed by atoms with Gasteiger partial charge in [0.15, 0.2) is 0 Å². The molecular weight excluding hydrogens is 699 g/mol. The monoisotopic (exact) mass is 747 g/mol. The van der Waals surface area contributed by atoms with Crippen LogP contribution >= 0.6 is 0 Å². The molecule has 2 atom stereocenters. The van der Waals surface area contributed by atoms with Gasteiger partial charge in [0, 0.05) is 26.1 Å². The number of piperidine rings is 1. The Hall–Kier alpha value is -4.59. The molecule has 13 heteroatoms. The molecular formula is C40H49N3O9S. The van der Waals surface area contributed by atoms with Crippen molar-refractivity contribution in [1.29, 1.82) is 0 Å². The van der Waals surface area contributed by atoms with Gasteiger partial charge in [-0.05, 0) is 95.7 Å². The van der Waals surface area contributed by atoms with Crippen LogP contribution in [-0.2, 0) is 50.6 Å². The fraction of sp³-hybridized carbons (Fsp3) is 0.450. The van der Waals surface area contributed by atoms with Crippen molar-refractivity contribution in [3.05, 3.63) is 95.6 Å². The Bertz CT molecular complexity index is 1870. The summed E-state index contributed by atoms with van der Waals surface area (Å²) in [5.74, 6) is -1.70. The highest BCUT2D eigenvalue weighted by molar-refractivity contribution is 7.89. The van der Waals surface area contributed by atoms with E-state index in [0.717, 1.165) is 11.1 Å². The highest BCUT2D eigenvalue weighted by atomic mass is 32.2. The summed E-state index contributed by atoms with van der Waals surface area (Å²) in [6, 6.07) is 20.5. The number of carbonyl (C=O) groups excluding carboxylic acids is 4. The lowest BCUT2D eigenvalue weighted by molar-refractivity contribution is -0.207. The summed E-state index contributed by atoms with van der Waals surface area (Å²) >= 11 is 0. The van der Waals surface area contributed by atoms with Crippen LogP contribution in [0.4, 0.5) is 0 Å². The van der Waals surface area contributed by atoms with Crippen LogP contribution in [0.15, 0.2) is 83.8 Å². The molecule has 2 aliphatic heterocycles. The number of ether oxygens (including phenoxy) is 2. The Balaban J connectivity index is 1.27. The third-order valence-corrected chi connectivity index (χ3v) is 11.6. The van der Waals surface area contributed by atoms with Crippen LogP contribution in [0.2, 0.25) is 0 Å². The number of carbonyl (C=O) groups is 4. The van der Waals surface area contributed by atoms with Gasteiger partial charge in [0.05, 0.1) is 22.3 Å². The molecule has 2 aliphatic rings. The van der Waals surface area contributed by atoms with Crippen LogP contribution < -0.4 is 10.1 Å². The molecule has 3 aromatic rings. The van der Waals surface area contributed by atoms with Crippen molar-refractivity contribution >= 4 is 33.8 Å². The minimum atomic E-state index is -3.94. The zero-order chi connectivity index (χ0) is 38.4. The van der Waals surface area contributed by atoms with E-state index in [1.165, 1.54) is 16.4 Å². The van der Waals surface area contributed by atoms with Gasteiger partial charge < -0.3 is 19.6 Å².